The monoisotopic (exact) mass is 178 g/mol. The maximum absolute atomic E-state index is 11.7. The van der Waals surface area contributed by atoms with Crippen molar-refractivity contribution in [3.63, 3.8) is 0 Å². The van der Waals surface area contributed by atoms with Gasteiger partial charge >= 0.3 is 0 Å². The Balaban J connectivity index is 2.46. The van der Waals surface area contributed by atoms with Crippen molar-refractivity contribution in [1.29, 1.82) is 0 Å². The summed E-state index contributed by atoms with van der Waals surface area (Å²) in [7, 11) is 0. The molecule has 0 aromatic heterocycles. The summed E-state index contributed by atoms with van der Waals surface area (Å²) in [6, 6.07) is 0. The van der Waals surface area contributed by atoms with Gasteiger partial charge in [-0.2, -0.15) is 0 Å². The molecule has 0 radical (unpaired) electrons. The molecule has 0 amide bonds. The van der Waals surface area contributed by atoms with Crippen LogP contribution < -0.4 is 0 Å². The van der Waals surface area contributed by atoms with E-state index in [4.69, 9.17) is 0 Å². The van der Waals surface area contributed by atoms with Gasteiger partial charge in [0, 0.05) is 5.92 Å². The molecule has 0 N–H and O–H groups in total. The number of ketones is 1. The van der Waals surface area contributed by atoms with Gasteiger partial charge in [0.1, 0.15) is 0 Å². The van der Waals surface area contributed by atoms with Crippen molar-refractivity contribution in [2.45, 2.75) is 40.0 Å². The Morgan fingerprint density at radius 1 is 1.38 bits per heavy atom. The summed E-state index contributed by atoms with van der Waals surface area (Å²) in [6.07, 6.45) is 7.25. The summed E-state index contributed by atoms with van der Waals surface area (Å²) in [5.74, 6) is 0.627. The molecule has 0 unspecified atom stereocenters. The summed E-state index contributed by atoms with van der Waals surface area (Å²) in [6.45, 7) is 6.85. The second-order valence-corrected chi connectivity index (χ2v) is 5.38. The van der Waals surface area contributed by atoms with E-state index in [2.05, 4.69) is 26.8 Å². The molecule has 2 aliphatic carbocycles. The Morgan fingerprint density at radius 3 is 2.77 bits per heavy atom. The Bertz CT molecular complexity index is 275. The first kappa shape index (κ1) is 8.98. The van der Waals surface area contributed by atoms with E-state index in [1.165, 1.54) is 6.42 Å². The first-order valence-corrected chi connectivity index (χ1v) is 5.18. The SMILES string of the molecule is CC1(C)[C@H]2CC[C@]1(C)CC=CC2=O. The van der Waals surface area contributed by atoms with Crippen LogP contribution in [0.2, 0.25) is 0 Å². The summed E-state index contributed by atoms with van der Waals surface area (Å²) >= 11 is 0. The maximum Gasteiger partial charge on any atom is 0.158 e. The van der Waals surface area contributed by atoms with E-state index < -0.39 is 0 Å². The number of rotatable bonds is 0. The van der Waals surface area contributed by atoms with Crippen LogP contribution >= 0.6 is 0 Å². The molecule has 13 heavy (non-hydrogen) atoms. The van der Waals surface area contributed by atoms with E-state index in [1.807, 2.05) is 0 Å². The topological polar surface area (TPSA) is 17.1 Å². The van der Waals surface area contributed by atoms with Gasteiger partial charge in [0.25, 0.3) is 0 Å². The Hall–Kier alpha value is -0.590. The van der Waals surface area contributed by atoms with Gasteiger partial charge in [-0.1, -0.05) is 26.8 Å². The first-order valence-electron chi connectivity index (χ1n) is 5.18. The van der Waals surface area contributed by atoms with Crippen LogP contribution in [0, 0.1) is 16.7 Å². The molecule has 72 valence electrons. The van der Waals surface area contributed by atoms with E-state index in [-0.39, 0.29) is 11.3 Å². The molecule has 2 aliphatic rings. The molecule has 0 aromatic rings. The minimum Gasteiger partial charge on any atom is -0.295 e. The molecule has 1 nitrogen and oxygen atoms in total. The van der Waals surface area contributed by atoms with Crippen molar-refractivity contribution in [2.75, 3.05) is 0 Å². The van der Waals surface area contributed by atoms with Crippen LogP contribution in [0.4, 0.5) is 0 Å². The molecule has 2 bridgehead atoms. The number of hydrogen-bond donors (Lipinski definition) is 0. The van der Waals surface area contributed by atoms with Crippen molar-refractivity contribution < 1.29 is 4.79 Å². The predicted molar refractivity (Wildman–Crippen MR) is 53.4 cm³/mol. The summed E-state index contributed by atoms with van der Waals surface area (Å²) in [4.78, 5) is 11.7. The van der Waals surface area contributed by atoms with Crippen molar-refractivity contribution in [3.05, 3.63) is 12.2 Å². The lowest BCUT2D eigenvalue weighted by Crippen LogP contribution is -2.35. The van der Waals surface area contributed by atoms with E-state index >= 15 is 0 Å². The van der Waals surface area contributed by atoms with E-state index in [1.54, 1.807) is 6.08 Å². The molecular weight excluding hydrogens is 160 g/mol. The number of allylic oxidation sites excluding steroid dienone is 2. The van der Waals surface area contributed by atoms with Crippen LogP contribution in [0.25, 0.3) is 0 Å². The highest BCUT2D eigenvalue weighted by Crippen LogP contribution is 2.59. The van der Waals surface area contributed by atoms with Gasteiger partial charge in [0.15, 0.2) is 5.78 Å². The zero-order valence-electron chi connectivity index (χ0n) is 8.76. The molecule has 0 heterocycles. The van der Waals surface area contributed by atoms with E-state index in [0.29, 0.717) is 11.2 Å². The Labute approximate surface area is 80.2 Å². The van der Waals surface area contributed by atoms with Crippen LogP contribution in [0.1, 0.15) is 40.0 Å². The summed E-state index contributed by atoms with van der Waals surface area (Å²) < 4.78 is 0. The minimum atomic E-state index is 0.188. The molecule has 2 atom stereocenters. The zero-order chi connectivity index (χ0) is 9.69. The molecule has 0 aliphatic heterocycles. The summed E-state index contributed by atoms with van der Waals surface area (Å²) in [5, 5.41) is 0. The molecule has 0 saturated heterocycles. The lowest BCUT2D eigenvalue weighted by molar-refractivity contribution is -0.121. The standard InChI is InChI=1S/C12H18O/c1-11(2)9-6-8-12(11,3)7-4-5-10(9)13/h4-5,9H,6-8H2,1-3H3/t9-,12-/m0/s1. The number of carbonyl (C=O) groups excluding carboxylic acids is 1. The fourth-order valence-corrected chi connectivity index (χ4v) is 2.98. The molecule has 2 rings (SSSR count). The third-order valence-electron chi connectivity index (χ3n) is 4.61. The molecule has 1 fully saturated rings. The quantitative estimate of drug-likeness (QED) is 0.557. The lowest BCUT2D eigenvalue weighted by Gasteiger charge is -2.39. The number of fused-ring (bicyclic) bond motifs is 2. The third-order valence-corrected chi connectivity index (χ3v) is 4.61. The van der Waals surface area contributed by atoms with Gasteiger partial charge in [-0.25, -0.2) is 0 Å². The van der Waals surface area contributed by atoms with Gasteiger partial charge in [-0.3, -0.25) is 4.79 Å². The van der Waals surface area contributed by atoms with Crippen LogP contribution in [-0.2, 0) is 4.79 Å². The van der Waals surface area contributed by atoms with E-state index in [9.17, 15) is 4.79 Å². The van der Waals surface area contributed by atoms with Gasteiger partial charge < -0.3 is 0 Å². The van der Waals surface area contributed by atoms with Gasteiger partial charge in [-0.15, -0.1) is 0 Å². The first-order chi connectivity index (χ1) is 5.97. The van der Waals surface area contributed by atoms with Crippen LogP contribution in [0.5, 0.6) is 0 Å². The molecule has 0 spiro atoms. The zero-order valence-corrected chi connectivity index (χ0v) is 8.76. The Morgan fingerprint density at radius 2 is 2.08 bits per heavy atom. The smallest absolute Gasteiger partial charge is 0.158 e. The molecule has 1 heteroatoms. The fourth-order valence-electron chi connectivity index (χ4n) is 2.98. The second kappa shape index (κ2) is 2.46. The third kappa shape index (κ3) is 1.02. The maximum atomic E-state index is 11.7. The molecule has 0 aromatic carbocycles. The highest BCUT2D eigenvalue weighted by atomic mass is 16.1. The van der Waals surface area contributed by atoms with Gasteiger partial charge in [-0.05, 0) is 36.2 Å². The predicted octanol–water partition coefficient (Wildman–Crippen LogP) is 2.96. The van der Waals surface area contributed by atoms with Crippen molar-refractivity contribution in [1.82, 2.24) is 0 Å². The van der Waals surface area contributed by atoms with Crippen LogP contribution in [-0.4, -0.2) is 5.78 Å². The minimum absolute atomic E-state index is 0.188. The highest BCUT2D eigenvalue weighted by molar-refractivity contribution is 5.93. The van der Waals surface area contributed by atoms with Crippen molar-refractivity contribution in [3.8, 4) is 0 Å². The lowest BCUT2D eigenvalue weighted by atomic mass is 9.64. The average molecular weight is 178 g/mol. The van der Waals surface area contributed by atoms with E-state index in [0.717, 1.165) is 12.8 Å². The highest BCUT2D eigenvalue weighted by Gasteiger charge is 2.53. The van der Waals surface area contributed by atoms with Crippen LogP contribution in [0.3, 0.4) is 0 Å². The normalized spacial score (nSPS) is 42.1. The summed E-state index contributed by atoms with van der Waals surface area (Å²) in [5.41, 5.74) is 0.536. The molecule has 1 saturated carbocycles. The van der Waals surface area contributed by atoms with Crippen molar-refractivity contribution in [2.24, 2.45) is 16.7 Å². The second-order valence-electron chi connectivity index (χ2n) is 5.38. The van der Waals surface area contributed by atoms with Crippen LogP contribution in [0.15, 0.2) is 12.2 Å². The number of hydrogen-bond acceptors (Lipinski definition) is 1. The largest absolute Gasteiger partial charge is 0.295 e. The van der Waals surface area contributed by atoms with Gasteiger partial charge in [0.05, 0.1) is 0 Å². The van der Waals surface area contributed by atoms with Gasteiger partial charge in [0.2, 0.25) is 0 Å². The average Bonchev–Trinajstić information content (AvgIpc) is 2.18. The van der Waals surface area contributed by atoms with Crippen molar-refractivity contribution >= 4 is 5.78 Å². The molecular formula is C12H18O. The Kier molecular flexibility index (Phi) is 1.70. The fraction of sp³-hybridized carbons (Fsp3) is 0.750. The number of carbonyl (C=O) groups is 1.